The SMILES string of the molecule is C=CC[C@H](O)[C@@]1(CC)O[C@@H]2OC(C)(C)O[C@@H]2[C@H]1C. The van der Waals surface area contributed by atoms with E-state index in [0.717, 1.165) is 6.42 Å². The van der Waals surface area contributed by atoms with Crippen molar-refractivity contribution in [3.63, 3.8) is 0 Å². The third-order valence-corrected chi connectivity index (χ3v) is 4.19. The van der Waals surface area contributed by atoms with Crippen molar-refractivity contribution in [2.24, 2.45) is 5.92 Å². The van der Waals surface area contributed by atoms with Gasteiger partial charge in [-0.3, -0.25) is 0 Å². The summed E-state index contributed by atoms with van der Waals surface area (Å²) in [5, 5.41) is 10.3. The molecule has 4 heteroatoms. The third-order valence-electron chi connectivity index (χ3n) is 4.19. The first-order valence-corrected chi connectivity index (χ1v) is 6.68. The van der Waals surface area contributed by atoms with Crippen LogP contribution in [0.25, 0.3) is 0 Å². The minimum Gasteiger partial charge on any atom is -0.390 e. The second-order valence-electron chi connectivity index (χ2n) is 5.72. The number of aliphatic hydroxyl groups is 1. The third kappa shape index (κ3) is 2.01. The summed E-state index contributed by atoms with van der Waals surface area (Å²) < 4.78 is 17.7. The monoisotopic (exact) mass is 256 g/mol. The van der Waals surface area contributed by atoms with Gasteiger partial charge in [-0.15, -0.1) is 6.58 Å². The number of ether oxygens (including phenoxy) is 3. The highest BCUT2D eigenvalue weighted by molar-refractivity contribution is 5.05. The van der Waals surface area contributed by atoms with Crippen LogP contribution in [0, 0.1) is 5.92 Å². The van der Waals surface area contributed by atoms with Crippen LogP contribution in [-0.4, -0.2) is 35.0 Å². The number of aliphatic hydroxyl groups excluding tert-OH is 1. The molecule has 2 rings (SSSR count). The topological polar surface area (TPSA) is 47.9 Å². The molecule has 2 aliphatic rings. The largest absolute Gasteiger partial charge is 0.390 e. The predicted molar refractivity (Wildman–Crippen MR) is 67.9 cm³/mol. The highest BCUT2D eigenvalue weighted by Gasteiger charge is 2.61. The van der Waals surface area contributed by atoms with Crippen LogP contribution in [0.15, 0.2) is 12.7 Å². The van der Waals surface area contributed by atoms with Gasteiger partial charge in [-0.1, -0.05) is 19.9 Å². The van der Waals surface area contributed by atoms with Crippen molar-refractivity contribution in [2.75, 3.05) is 0 Å². The quantitative estimate of drug-likeness (QED) is 0.783. The summed E-state index contributed by atoms with van der Waals surface area (Å²) in [4.78, 5) is 0. The highest BCUT2D eigenvalue weighted by atomic mass is 16.8. The van der Waals surface area contributed by atoms with Crippen LogP contribution in [0.5, 0.6) is 0 Å². The van der Waals surface area contributed by atoms with Gasteiger partial charge >= 0.3 is 0 Å². The molecule has 2 aliphatic heterocycles. The number of fused-ring (bicyclic) bond motifs is 1. The van der Waals surface area contributed by atoms with Crippen LogP contribution in [0.3, 0.4) is 0 Å². The van der Waals surface area contributed by atoms with Gasteiger partial charge < -0.3 is 19.3 Å². The zero-order chi connectivity index (χ0) is 13.6. The van der Waals surface area contributed by atoms with E-state index in [0.29, 0.717) is 6.42 Å². The second kappa shape index (κ2) is 4.60. The van der Waals surface area contributed by atoms with Gasteiger partial charge in [0, 0.05) is 5.92 Å². The van der Waals surface area contributed by atoms with E-state index in [4.69, 9.17) is 14.2 Å². The smallest absolute Gasteiger partial charge is 0.188 e. The molecule has 2 heterocycles. The normalized spacial score (nSPS) is 43.7. The molecule has 5 atom stereocenters. The van der Waals surface area contributed by atoms with E-state index >= 15 is 0 Å². The molecule has 0 aliphatic carbocycles. The standard InChI is InChI=1S/C14H24O4/c1-6-8-10(15)14(7-2)9(3)11-12(18-14)17-13(4,5)16-11/h6,9-12,15H,1,7-8H2,2-5H3/t9-,10+,11-,12+,14+/m1/s1. The molecule has 1 N–H and O–H groups in total. The van der Waals surface area contributed by atoms with Crippen LogP contribution < -0.4 is 0 Å². The maximum atomic E-state index is 10.3. The molecule has 0 radical (unpaired) electrons. The summed E-state index contributed by atoms with van der Waals surface area (Å²) in [6.45, 7) is 11.5. The first-order valence-electron chi connectivity index (χ1n) is 6.68. The Morgan fingerprint density at radius 2 is 2.00 bits per heavy atom. The second-order valence-corrected chi connectivity index (χ2v) is 5.72. The summed E-state index contributed by atoms with van der Waals surface area (Å²) in [5.74, 6) is -0.517. The van der Waals surface area contributed by atoms with Crippen molar-refractivity contribution in [2.45, 2.75) is 70.4 Å². The Kier molecular flexibility index (Phi) is 3.58. The molecule has 0 aromatic heterocycles. The van der Waals surface area contributed by atoms with Gasteiger partial charge in [-0.2, -0.15) is 0 Å². The van der Waals surface area contributed by atoms with E-state index in [1.807, 2.05) is 20.8 Å². The Morgan fingerprint density at radius 1 is 1.33 bits per heavy atom. The van der Waals surface area contributed by atoms with E-state index in [-0.39, 0.29) is 18.3 Å². The van der Waals surface area contributed by atoms with Crippen molar-refractivity contribution in [1.29, 1.82) is 0 Å². The Balaban J connectivity index is 2.20. The first kappa shape index (κ1) is 14.0. The lowest BCUT2D eigenvalue weighted by Crippen LogP contribution is -2.48. The summed E-state index contributed by atoms with van der Waals surface area (Å²) >= 11 is 0. The van der Waals surface area contributed by atoms with Crippen molar-refractivity contribution in [3.05, 3.63) is 12.7 Å². The molecule has 0 spiro atoms. The molecule has 0 unspecified atom stereocenters. The van der Waals surface area contributed by atoms with E-state index in [9.17, 15) is 5.11 Å². The van der Waals surface area contributed by atoms with Crippen LogP contribution in [0.1, 0.15) is 40.5 Å². The maximum absolute atomic E-state index is 10.3. The van der Waals surface area contributed by atoms with E-state index < -0.39 is 17.5 Å². The van der Waals surface area contributed by atoms with E-state index in [2.05, 4.69) is 13.5 Å². The Bertz CT molecular complexity index is 328. The molecule has 0 aromatic rings. The lowest BCUT2D eigenvalue weighted by Gasteiger charge is -2.38. The lowest BCUT2D eigenvalue weighted by atomic mass is 9.79. The maximum Gasteiger partial charge on any atom is 0.188 e. The molecule has 0 bridgehead atoms. The highest BCUT2D eigenvalue weighted by Crippen LogP contribution is 2.49. The van der Waals surface area contributed by atoms with Gasteiger partial charge in [0.2, 0.25) is 0 Å². The fourth-order valence-electron chi connectivity index (χ4n) is 3.17. The molecule has 2 fully saturated rings. The van der Waals surface area contributed by atoms with Crippen molar-refractivity contribution in [3.8, 4) is 0 Å². The first-order chi connectivity index (χ1) is 8.36. The average molecular weight is 256 g/mol. The Hall–Kier alpha value is -0.420. The fourth-order valence-corrected chi connectivity index (χ4v) is 3.17. The molecule has 18 heavy (non-hydrogen) atoms. The van der Waals surface area contributed by atoms with Crippen molar-refractivity contribution in [1.82, 2.24) is 0 Å². The molecule has 4 nitrogen and oxygen atoms in total. The summed E-state index contributed by atoms with van der Waals surface area (Å²) in [5.41, 5.74) is -0.597. The molecule has 0 aromatic carbocycles. The van der Waals surface area contributed by atoms with Gasteiger partial charge in [0.25, 0.3) is 0 Å². The molecule has 0 saturated carbocycles. The average Bonchev–Trinajstić information content (AvgIpc) is 2.72. The number of hydrogen-bond acceptors (Lipinski definition) is 4. The van der Waals surface area contributed by atoms with Gasteiger partial charge in [0.15, 0.2) is 12.1 Å². The van der Waals surface area contributed by atoms with Gasteiger partial charge in [-0.05, 0) is 26.7 Å². The molecule has 104 valence electrons. The van der Waals surface area contributed by atoms with E-state index in [1.165, 1.54) is 0 Å². The number of rotatable bonds is 4. The van der Waals surface area contributed by atoms with Crippen LogP contribution >= 0.6 is 0 Å². The van der Waals surface area contributed by atoms with Crippen LogP contribution in [-0.2, 0) is 14.2 Å². The Morgan fingerprint density at radius 3 is 2.50 bits per heavy atom. The minimum absolute atomic E-state index is 0.0872. The Labute approximate surface area is 109 Å². The minimum atomic E-state index is -0.604. The van der Waals surface area contributed by atoms with Crippen LogP contribution in [0.2, 0.25) is 0 Å². The van der Waals surface area contributed by atoms with Crippen molar-refractivity contribution < 1.29 is 19.3 Å². The fraction of sp³-hybridized carbons (Fsp3) is 0.857. The summed E-state index contributed by atoms with van der Waals surface area (Å²) in [6, 6.07) is 0. The van der Waals surface area contributed by atoms with Crippen molar-refractivity contribution >= 4 is 0 Å². The molecular formula is C14H24O4. The van der Waals surface area contributed by atoms with E-state index in [1.54, 1.807) is 6.08 Å². The molecule has 2 saturated heterocycles. The van der Waals surface area contributed by atoms with Gasteiger partial charge in [0.1, 0.15) is 11.7 Å². The van der Waals surface area contributed by atoms with Gasteiger partial charge in [-0.25, -0.2) is 0 Å². The molecule has 0 amide bonds. The zero-order valence-corrected chi connectivity index (χ0v) is 11.7. The molecular weight excluding hydrogens is 232 g/mol. The zero-order valence-electron chi connectivity index (χ0n) is 11.7. The lowest BCUT2D eigenvalue weighted by molar-refractivity contribution is -0.250. The van der Waals surface area contributed by atoms with Crippen LogP contribution in [0.4, 0.5) is 0 Å². The number of hydrogen-bond donors (Lipinski definition) is 1. The van der Waals surface area contributed by atoms with Gasteiger partial charge in [0.05, 0.1) is 6.10 Å². The predicted octanol–water partition coefficient (Wildman–Crippen LogP) is 2.22. The summed E-state index contributed by atoms with van der Waals surface area (Å²) in [7, 11) is 0. The summed E-state index contributed by atoms with van der Waals surface area (Å²) in [6.07, 6.45) is 1.90.